The summed E-state index contributed by atoms with van der Waals surface area (Å²) in [5, 5.41) is 3.26. The lowest BCUT2D eigenvalue weighted by Crippen LogP contribution is -2.14. The highest BCUT2D eigenvalue weighted by Crippen LogP contribution is 2.33. The zero-order valence-electron chi connectivity index (χ0n) is 11.4. The van der Waals surface area contributed by atoms with E-state index in [1.54, 1.807) is 0 Å². The summed E-state index contributed by atoms with van der Waals surface area (Å²) in [6.45, 7) is 9.55. The van der Waals surface area contributed by atoms with Crippen LogP contribution in [0.15, 0.2) is 0 Å². The smallest absolute Gasteiger partial charge is 0.341 e. The molecule has 1 aromatic rings. The summed E-state index contributed by atoms with van der Waals surface area (Å²) >= 11 is 1.40. The molecule has 0 bridgehead atoms. The Bertz CT molecular complexity index is 463. The van der Waals surface area contributed by atoms with E-state index in [2.05, 4.69) is 5.32 Å². The van der Waals surface area contributed by atoms with E-state index in [0.29, 0.717) is 23.1 Å². The lowest BCUT2D eigenvalue weighted by atomic mass is 10.1. The summed E-state index contributed by atoms with van der Waals surface area (Å²) in [5.74, 6) is -0.262. The second-order valence-corrected chi connectivity index (χ2v) is 5.89. The van der Waals surface area contributed by atoms with E-state index in [1.165, 1.54) is 18.3 Å². The van der Waals surface area contributed by atoms with Gasteiger partial charge in [-0.05, 0) is 25.3 Å². The number of nitrogens with one attached hydrogen (secondary N) is 1. The molecular weight excluding hydrogens is 250 g/mol. The predicted molar refractivity (Wildman–Crippen MR) is 73.2 cm³/mol. The standard InChI is InChI=1S/C13H19NO3S/c1-7(2)6-17-13(16)11-8(3)9(4)18-12(11)14-10(5)15/h7H,6H2,1-5H3,(H,14,15). The van der Waals surface area contributed by atoms with Gasteiger partial charge in [-0.25, -0.2) is 4.79 Å². The molecule has 100 valence electrons. The molecule has 1 aromatic heterocycles. The average molecular weight is 269 g/mol. The molecule has 1 amide bonds. The number of hydrogen-bond donors (Lipinski definition) is 1. The van der Waals surface area contributed by atoms with Crippen molar-refractivity contribution in [2.24, 2.45) is 5.92 Å². The minimum absolute atomic E-state index is 0.186. The van der Waals surface area contributed by atoms with E-state index in [-0.39, 0.29) is 11.9 Å². The van der Waals surface area contributed by atoms with E-state index in [9.17, 15) is 9.59 Å². The number of anilines is 1. The first-order valence-electron chi connectivity index (χ1n) is 5.87. The van der Waals surface area contributed by atoms with Gasteiger partial charge in [0.25, 0.3) is 0 Å². The molecule has 1 rings (SSSR count). The van der Waals surface area contributed by atoms with Crippen molar-refractivity contribution in [3.63, 3.8) is 0 Å². The molecule has 1 heterocycles. The number of aryl methyl sites for hydroxylation is 1. The Labute approximate surface area is 111 Å². The van der Waals surface area contributed by atoms with Crippen molar-refractivity contribution in [3.05, 3.63) is 16.0 Å². The fourth-order valence-corrected chi connectivity index (χ4v) is 2.53. The second kappa shape index (κ2) is 6.00. The molecule has 0 saturated heterocycles. The first-order valence-corrected chi connectivity index (χ1v) is 6.69. The Hall–Kier alpha value is -1.36. The largest absolute Gasteiger partial charge is 0.462 e. The highest BCUT2D eigenvalue weighted by molar-refractivity contribution is 7.16. The first-order chi connectivity index (χ1) is 8.32. The summed E-state index contributed by atoms with van der Waals surface area (Å²) in [7, 11) is 0. The van der Waals surface area contributed by atoms with Crippen LogP contribution in [0.3, 0.4) is 0 Å². The van der Waals surface area contributed by atoms with Gasteiger partial charge in [0.1, 0.15) is 5.00 Å². The molecule has 0 spiro atoms. The molecule has 0 aliphatic rings. The Morgan fingerprint density at radius 2 is 1.94 bits per heavy atom. The number of carbonyl (C=O) groups excluding carboxylic acids is 2. The van der Waals surface area contributed by atoms with Crippen LogP contribution in [0.25, 0.3) is 0 Å². The van der Waals surface area contributed by atoms with E-state index in [4.69, 9.17) is 4.74 Å². The van der Waals surface area contributed by atoms with Gasteiger partial charge in [0.05, 0.1) is 12.2 Å². The molecule has 0 aliphatic heterocycles. The van der Waals surface area contributed by atoms with Gasteiger partial charge in [-0.1, -0.05) is 13.8 Å². The van der Waals surface area contributed by atoms with Crippen molar-refractivity contribution >= 4 is 28.2 Å². The van der Waals surface area contributed by atoms with Crippen LogP contribution in [-0.2, 0) is 9.53 Å². The molecule has 18 heavy (non-hydrogen) atoms. The molecule has 0 saturated carbocycles. The lowest BCUT2D eigenvalue weighted by Gasteiger charge is -2.09. The van der Waals surface area contributed by atoms with Gasteiger partial charge in [-0.2, -0.15) is 0 Å². The molecule has 5 heteroatoms. The van der Waals surface area contributed by atoms with Gasteiger partial charge >= 0.3 is 5.97 Å². The third-order valence-electron chi connectivity index (χ3n) is 2.43. The van der Waals surface area contributed by atoms with Crippen molar-refractivity contribution in [1.29, 1.82) is 0 Å². The number of thiophene rings is 1. The third-order valence-corrected chi connectivity index (χ3v) is 3.55. The molecule has 1 N–H and O–H groups in total. The zero-order valence-corrected chi connectivity index (χ0v) is 12.2. The van der Waals surface area contributed by atoms with Crippen LogP contribution in [0.4, 0.5) is 5.00 Å². The number of rotatable bonds is 4. The summed E-state index contributed by atoms with van der Waals surface area (Å²) in [4.78, 5) is 24.1. The van der Waals surface area contributed by atoms with Crippen LogP contribution in [-0.4, -0.2) is 18.5 Å². The van der Waals surface area contributed by atoms with Crippen LogP contribution >= 0.6 is 11.3 Å². The maximum absolute atomic E-state index is 12.0. The highest BCUT2D eigenvalue weighted by Gasteiger charge is 2.21. The third kappa shape index (κ3) is 3.57. The fraction of sp³-hybridized carbons (Fsp3) is 0.538. The van der Waals surface area contributed by atoms with Gasteiger partial charge < -0.3 is 10.1 Å². The molecule has 0 aliphatic carbocycles. The number of esters is 1. The molecule has 0 atom stereocenters. The Morgan fingerprint density at radius 3 is 2.44 bits per heavy atom. The predicted octanol–water partition coefficient (Wildman–Crippen LogP) is 3.14. The lowest BCUT2D eigenvalue weighted by molar-refractivity contribution is -0.114. The topological polar surface area (TPSA) is 55.4 Å². The Kier molecular flexibility index (Phi) is 4.90. The maximum Gasteiger partial charge on any atom is 0.341 e. The van der Waals surface area contributed by atoms with Crippen LogP contribution in [0.1, 0.15) is 41.6 Å². The SMILES string of the molecule is CC(=O)Nc1sc(C)c(C)c1C(=O)OCC(C)C. The molecule has 0 radical (unpaired) electrons. The van der Waals surface area contributed by atoms with E-state index in [0.717, 1.165) is 10.4 Å². The minimum atomic E-state index is -0.366. The van der Waals surface area contributed by atoms with Crippen molar-refractivity contribution in [3.8, 4) is 0 Å². The Morgan fingerprint density at radius 1 is 1.33 bits per heavy atom. The van der Waals surface area contributed by atoms with Crippen molar-refractivity contribution in [1.82, 2.24) is 0 Å². The molecule has 0 aromatic carbocycles. The summed E-state index contributed by atoms with van der Waals surface area (Å²) in [5.41, 5.74) is 1.35. The Balaban J connectivity index is 2.98. The van der Waals surface area contributed by atoms with Gasteiger partial charge in [0, 0.05) is 11.8 Å². The van der Waals surface area contributed by atoms with Crippen molar-refractivity contribution in [2.45, 2.75) is 34.6 Å². The monoisotopic (exact) mass is 269 g/mol. The van der Waals surface area contributed by atoms with Gasteiger partial charge in [-0.15, -0.1) is 11.3 Å². The molecular formula is C13H19NO3S. The van der Waals surface area contributed by atoms with Gasteiger partial charge in [0.2, 0.25) is 5.91 Å². The van der Waals surface area contributed by atoms with Gasteiger partial charge in [0.15, 0.2) is 0 Å². The minimum Gasteiger partial charge on any atom is -0.462 e. The summed E-state index contributed by atoms with van der Waals surface area (Å²) < 4.78 is 5.22. The summed E-state index contributed by atoms with van der Waals surface area (Å²) in [6.07, 6.45) is 0. The first kappa shape index (κ1) is 14.7. The number of ether oxygens (including phenoxy) is 1. The van der Waals surface area contributed by atoms with Crippen molar-refractivity contribution in [2.75, 3.05) is 11.9 Å². The fourth-order valence-electron chi connectivity index (χ4n) is 1.44. The average Bonchev–Trinajstić information content (AvgIpc) is 2.50. The normalized spacial score (nSPS) is 10.6. The molecule has 4 nitrogen and oxygen atoms in total. The van der Waals surface area contributed by atoms with E-state index < -0.39 is 0 Å². The van der Waals surface area contributed by atoms with E-state index in [1.807, 2.05) is 27.7 Å². The van der Waals surface area contributed by atoms with Crippen LogP contribution < -0.4 is 5.32 Å². The second-order valence-electron chi connectivity index (χ2n) is 4.66. The maximum atomic E-state index is 12.0. The van der Waals surface area contributed by atoms with Gasteiger partial charge in [-0.3, -0.25) is 4.79 Å². The molecule has 0 fully saturated rings. The van der Waals surface area contributed by atoms with E-state index >= 15 is 0 Å². The summed E-state index contributed by atoms with van der Waals surface area (Å²) in [6, 6.07) is 0. The molecule has 0 unspecified atom stereocenters. The quantitative estimate of drug-likeness (QED) is 0.854. The van der Waals surface area contributed by atoms with Crippen LogP contribution in [0.2, 0.25) is 0 Å². The van der Waals surface area contributed by atoms with Crippen LogP contribution in [0.5, 0.6) is 0 Å². The van der Waals surface area contributed by atoms with Crippen LogP contribution in [0, 0.1) is 19.8 Å². The number of carbonyl (C=O) groups is 2. The number of hydrogen-bond acceptors (Lipinski definition) is 4. The highest BCUT2D eigenvalue weighted by atomic mass is 32.1. The van der Waals surface area contributed by atoms with Crippen molar-refractivity contribution < 1.29 is 14.3 Å². The number of amides is 1. The zero-order chi connectivity index (χ0) is 13.9.